The van der Waals surface area contributed by atoms with Crippen molar-refractivity contribution in [2.75, 3.05) is 0 Å². The number of fused-ring (bicyclic) bond motifs is 5. The Morgan fingerprint density at radius 3 is 1.66 bits per heavy atom. The molecule has 0 aliphatic heterocycles. The van der Waals surface area contributed by atoms with E-state index < -0.39 is 0 Å². The fourth-order valence-electron chi connectivity index (χ4n) is 8.38. The summed E-state index contributed by atoms with van der Waals surface area (Å²) in [7, 11) is 0. The normalized spacial score (nSPS) is 12.9. The molecule has 10 rings (SSSR count). The highest BCUT2D eigenvalue weighted by atomic mass is 14.9. The zero-order valence-corrected chi connectivity index (χ0v) is 29.7. The van der Waals surface area contributed by atoms with Crippen molar-refractivity contribution in [3.63, 3.8) is 0 Å². The summed E-state index contributed by atoms with van der Waals surface area (Å²) in [6.07, 6.45) is 0. The minimum atomic E-state index is -0.0840. The molecule has 0 atom stereocenters. The van der Waals surface area contributed by atoms with E-state index >= 15 is 0 Å². The van der Waals surface area contributed by atoms with Crippen LogP contribution in [0.4, 0.5) is 0 Å². The van der Waals surface area contributed by atoms with E-state index in [1.165, 1.54) is 66.1 Å². The number of hydrogen-bond donors (Lipinski definition) is 0. The molecule has 0 N–H and O–H groups in total. The van der Waals surface area contributed by atoms with Crippen molar-refractivity contribution in [3.8, 4) is 67.3 Å². The van der Waals surface area contributed by atoms with Crippen LogP contribution in [-0.2, 0) is 5.41 Å². The summed E-state index contributed by atoms with van der Waals surface area (Å²) in [6, 6.07) is 65.4. The maximum Gasteiger partial charge on any atom is 0.160 e. The molecule has 8 aromatic carbocycles. The molecule has 250 valence electrons. The summed E-state index contributed by atoms with van der Waals surface area (Å²) in [5, 5.41) is 4.94. The van der Waals surface area contributed by atoms with E-state index in [0.29, 0.717) is 5.82 Å². The van der Waals surface area contributed by atoms with Gasteiger partial charge in [0.2, 0.25) is 0 Å². The van der Waals surface area contributed by atoms with Gasteiger partial charge >= 0.3 is 0 Å². The summed E-state index contributed by atoms with van der Waals surface area (Å²) < 4.78 is 0. The lowest BCUT2D eigenvalue weighted by molar-refractivity contribution is 0.661. The van der Waals surface area contributed by atoms with E-state index in [1.54, 1.807) is 0 Å². The Bertz CT molecular complexity index is 2830. The Labute approximate surface area is 310 Å². The summed E-state index contributed by atoms with van der Waals surface area (Å²) in [4.78, 5) is 10.4. The van der Waals surface area contributed by atoms with Gasteiger partial charge in [-0.05, 0) is 84.3 Å². The Hall–Kier alpha value is -6.64. The van der Waals surface area contributed by atoms with E-state index in [4.69, 9.17) is 9.97 Å². The van der Waals surface area contributed by atoms with E-state index in [-0.39, 0.29) is 5.41 Å². The summed E-state index contributed by atoms with van der Waals surface area (Å²) in [6.45, 7) is 4.71. The van der Waals surface area contributed by atoms with Crippen LogP contribution in [0.15, 0.2) is 182 Å². The summed E-state index contributed by atoms with van der Waals surface area (Å²) in [5.41, 5.74) is 15.2. The quantitative estimate of drug-likeness (QED) is 0.181. The Morgan fingerprint density at radius 2 is 0.925 bits per heavy atom. The molecule has 1 aliphatic rings. The zero-order chi connectivity index (χ0) is 35.5. The highest BCUT2D eigenvalue weighted by Crippen LogP contribution is 2.53. The first-order valence-corrected chi connectivity index (χ1v) is 18.3. The van der Waals surface area contributed by atoms with Crippen LogP contribution in [0.3, 0.4) is 0 Å². The standard InChI is InChI=1S/C51H36N2/c1-51(2)45-23-13-22-40(49(45)44-30-37-18-9-10-19-38(37)31-46(44)51)34-24-26-35(27-25-34)47-32-48(53-50(52-47)36-16-7-4-8-17-36)43-29-28-39(33-14-5-3-6-15-33)41-20-11-12-21-42(41)43/h3-32H,1-2H3. The molecule has 1 heterocycles. The van der Waals surface area contributed by atoms with Crippen LogP contribution < -0.4 is 0 Å². The molecule has 0 bridgehead atoms. The van der Waals surface area contributed by atoms with Crippen LogP contribution >= 0.6 is 0 Å². The molecule has 1 aliphatic carbocycles. The van der Waals surface area contributed by atoms with Gasteiger partial charge in [-0.2, -0.15) is 0 Å². The van der Waals surface area contributed by atoms with E-state index in [2.05, 4.69) is 178 Å². The highest BCUT2D eigenvalue weighted by Gasteiger charge is 2.37. The fourth-order valence-corrected chi connectivity index (χ4v) is 8.38. The van der Waals surface area contributed by atoms with Gasteiger partial charge in [0.25, 0.3) is 0 Å². The third-order valence-electron chi connectivity index (χ3n) is 11.1. The van der Waals surface area contributed by atoms with Crippen molar-refractivity contribution in [1.29, 1.82) is 0 Å². The van der Waals surface area contributed by atoms with Gasteiger partial charge in [-0.1, -0.05) is 178 Å². The summed E-state index contributed by atoms with van der Waals surface area (Å²) in [5.74, 6) is 0.713. The van der Waals surface area contributed by atoms with Gasteiger partial charge in [0.1, 0.15) is 0 Å². The SMILES string of the molecule is CC1(C)c2cc3ccccc3cc2-c2c(-c3ccc(-c4cc(-c5ccc(-c6ccccc6)c6ccccc56)nc(-c5ccccc5)n4)cc3)cccc21. The second-order valence-electron chi connectivity index (χ2n) is 14.6. The predicted octanol–water partition coefficient (Wildman–Crippen LogP) is 13.4. The van der Waals surface area contributed by atoms with Gasteiger partial charge in [-0.15, -0.1) is 0 Å². The van der Waals surface area contributed by atoms with Gasteiger partial charge in [-0.3, -0.25) is 0 Å². The number of rotatable bonds is 5. The van der Waals surface area contributed by atoms with Gasteiger partial charge in [0.15, 0.2) is 5.82 Å². The topological polar surface area (TPSA) is 25.8 Å². The maximum absolute atomic E-state index is 5.20. The molecule has 0 amide bonds. The fraction of sp³-hybridized carbons (Fsp3) is 0.0588. The van der Waals surface area contributed by atoms with Crippen molar-refractivity contribution in [2.45, 2.75) is 19.3 Å². The Morgan fingerprint density at radius 1 is 0.358 bits per heavy atom. The Balaban J connectivity index is 1.10. The van der Waals surface area contributed by atoms with Crippen molar-refractivity contribution >= 4 is 21.5 Å². The van der Waals surface area contributed by atoms with Crippen LogP contribution in [0.2, 0.25) is 0 Å². The van der Waals surface area contributed by atoms with Gasteiger partial charge in [0.05, 0.1) is 11.4 Å². The van der Waals surface area contributed by atoms with Crippen molar-refractivity contribution < 1.29 is 0 Å². The van der Waals surface area contributed by atoms with Crippen LogP contribution in [0.1, 0.15) is 25.0 Å². The lowest BCUT2D eigenvalue weighted by Gasteiger charge is -2.22. The highest BCUT2D eigenvalue weighted by molar-refractivity contribution is 6.05. The molecule has 2 heteroatoms. The van der Waals surface area contributed by atoms with Crippen LogP contribution in [-0.4, -0.2) is 9.97 Å². The first-order valence-electron chi connectivity index (χ1n) is 18.3. The monoisotopic (exact) mass is 676 g/mol. The number of nitrogens with zero attached hydrogens (tertiary/aromatic N) is 2. The van der Waals surface area contributed by atoms with Gasteiger partial charge in [-0.25, -0.2) is 9.97 Å². The first kappa shape index (κ1) is 31.1. The number of aromatic nitrogens is 2. The molecule has 0 radical (unpaired) electrons. The minimum Gasteiger partial charge on any atom is -0.228 e. The van der Waals surface area contributed by atoms with E-state index in [9.17, 15) is 0 Å². The molecule has 2 nitrogen and oxygen atoms in total. The smallest absolute Gasteiger partial charge is 0.160 e. The largest absolute Gasteiger partial charge is 0.228 e. The van der Waals surface area contributed by atoms with E-state index in [1.807, 2.05) is 18.2 Å². The van der Waals surface area contributed by atoms with Crippen molar-refractivity contribution in [2.24, 2.45) is 0 Å². The first-order chi connectivity index (χ1) is 26.0. The molecular formula is C51H36N2. The average Bonchev–Trinajstić information content (AvgIpc) is 3.45. The third kappa shape index (κ3) is 5.18. The van der Waals surface area contributed by atoms with Gasteiger partial charge in [0, 0.05) is 22.1 Å². The summed E-state index contributed by atoms with van der Waals surface area (Å²) >= 11 is 0. The molecule has 0 spiro atoms. The number of hydrogen-bond acceptors (Lipinski definition) is 2. The van der Waals surface area contributed by atoms with Gasteiger partial charge < -0.3 is 0 Å². The molecule has 1 aromatic heterocycles. The second kappa shape index (κ2) is 12.3. The molecule has 9 aromatic rings. The maximum atomic E-state index is 5.20. The average molecular weight is 677 g/mol. The molecule has 53 heavy (non-hydrogen) atoms. The molecular weight excluding hydrogens is 641 g/mol. The molecule has 0 fully saturated rings. The third-order valence-corrected chi connectivity index (χ3v) is 11.1. The van der Waals surface area contributed by atoms with Crippen molar-refractivity contribution in [3.05, 3.63) is 193 Å². The Kier molecular flexibility index (Phi) is 7.19. The molecule has 0 saturated heterocycles. The van der Waals surface area contributed by atoms with Crippen molar-refractivity contribution in [1.82, 2.24) is 9.97 Å². The lowest BCUT2D eigenvalue weighted by atomic mass is 9.81. The molecule has 0 unspecified atom stereocenters. The van der Waals surface area contributed by atoms with Crippen LogP contribution in [0.25, 0.3) is 88.8 Å². The predicted molar refractivity (Wildman–Crippen MR) is 222 cm³/mol. The van der Waals surface area contributed by atoms with E-state index in [0.717, 1.165) is 28.1 Å². The zero-order valence-electron chi connectivity index (χ0n) is 29.7. The van der Waals surface area contributed by atoms with Crippen LogP contribution in [0.5, 0.6) is 0 Å². The lowest BCUT2D eigenvalue weighted by Crippen LogP contribution is -2.14. The minimum absolute atomic E-state index is 0.0840. The molecule has 0 saturated carbocycles. The van der Waals surface area contributed by atoms with Crippen LogP contribution in [0, 0.1) is 0 Å². The second-order valence-corrected chi connectivity index (χ2v) is 14.6. The number of benzene rings is 8.